The van der Waals surface area contributed by atoms with Crippen molar-refractivity contribution in [3.63, 3.8) is 0 Å². The Labute approximate surface area is 109 Å². The summed E-state index contributed by atoms with van der Waals surface area (Å²) in [7, 11) is 1.68. The fourth-order valence-electron chi connectivity index (χ4n) is 2.46. The fraction of sp³-hybridized carbons (Fsp3) is 0.923. The lowest BCUT2D eigenvalue weighted by Crippen LogP contribution is -2.48. The molecule has 1 heterocycles. The second-order valence-corrected chi connectivity index (χ2v) is 5.69. The molecule has 5 heteroatoms. The third kappa shape index (κ3) is 4.14. The van der Waals surface area contributed by atoms with Gasteiger partial charge in [-0.25, -0.2) is 4.79 Å². The number of carbonyl (C=O) groups excluding carboxylic acids is 1. The number of aliphatic hydroxyl groups excluding tert-OH is 1. The Hall–Kier alpha value is -0.810. The number of nitrogens with zero attached hydrogens (tertiary/aromatic N) is 1. The maximum absolute atomic E-state index is 12.1. The lowest BCUT2D eigenvalue weighted by Gasteiger charge is -2.30. The van der Waals surface area contributed by atoms with Crippen LogP contribution >= 0.6 is 0 Å². The first kappa shape index (κ1) is 15.2. The Morgan fingerprint density at radius 1 is 1.61 bits per heavy atom. The summed E-state index contributed by atoms with van der Waals surface area (Å²) in [6, 6.07) is -0.0500. The number of ether oxygens (including phenoxy) is 1. The molecule has 1 fully saturated rings. The summed E-state index contributed by atoms with van der Waals surface area (Å²) in [4.78, 5) is 13.8. The summed E-state index contributed by atoms with van der Waals surface area (Å²) < 4.78 is 5.35. The maximum atomic E-state index is 12.1. The van der Waals surface area contributed by atoms with Gasteiger partial charge in [0.25, 0.3) is 0 Å². The van der Waals surface area contributed by atoms with Gasteiger partial charge < -0.3 is 20.1 Å². The van der Waals surface area contributed by atoms with E-state index in [4.69, 9.17) is 4.74 Å². The van der Waals surface area contributed by atoms with Crippen molar-refractivity contribution in [3.8, 4) is 0 Å². The van der Waals surface area contributed by atoms with Crippen molar-refractivity contribution in [2.75, 3.05) is 20.3 Å². The van der Waals surface area contributed by atoms with Gasteiger partial charge in [0, 0.05) is 19.7 Å². The Morgan fingerprint density at radius 2 is 2.28 bits per heavy atom. The van der Waals surface area contributed by atoms with Gasteiger partial charge in [-0.05, 0) is 40.0 Å². The molecule has 0 unspecified atom stereocenters. The van der Waals surface area contributed by atoms with E-state index in [1.165, 1.54) is 0 Å². The van der Waals surface area contributed by atoms with Gasteiger partial charge in [0.1, 0.15) is 0 Å². The van der Waals surface area contributed by atoms with Crippen LogP contribution in [0, 0.1) is 0 Å². The molecular weight excluding hydrogens is 232 g/mol. The number of methoxy groups -OCH3 is 1. The molecule has 2 atom stereocenters. The molecular formula is C13H26N2O3. The SMILES string of the molecule is COC(C)(C)C[C@@H](C)NC(=O)N1CCC[C@@H]1CO. The second kappa shape index (κ2) is 6.38. The van der Waals surface area contributed by atoms with Gasteiger partial charge >= 0.3 is 6.03 Å². The summed E-state index contributed by atoms with van der Waals surface area (Å²) in [5, 5.41) is 12.2. The molecule has 0 spiro atoms. The van der Waals surface area contributed by atoms with Crippen LogP contribution in [-0.4, -0.2) is 54.0 Å². The van der Waals surface area contributed by atoms with Crippen molar-refractivity contribution in [3.05, 3.63) is 0 Å². The van der Waals surface area contributed by atoms with Gasteiger partial charge in [0.05, 0.1) is 18.2 Å². The van der Waals surface area contributed by atoms with E-state index in [1.54, 1.807) is 12.0 Å². The number of rotatable bonds is 5. The molecule has 0 aromatic heterocycles. The molecule has 1 aliphatic rings. The van der Waals surface area contributed by atoms with Crippen molar-refractivity contribution in [2.45, 2.75) is 57.7 Å². The minimum absolute atomic E-state index is 0.0207. The third-order valence-corrected chi connectivity index (χ3v) is 3.57. The minimum atomic E-state index is -0.242. The van der Waals surface area contributed by atoms with Gasteiger partial charge in [-0.2, -0.15) is 0 Å². The highest BCUT2D eigenvalue weighted by Crippen LogP contribution is 2.18. The van der Waals surface area contributed by atoms with Gasteiger partial charge in [0.2, 0.25) is 0 Å². The first-order valence-electron chi connectivity index (χ1n) is 6.63. The highest BCUT2D eigenvalue weighted by Gasteiger charge is 2.29. The fourth-order valence-corrected chi connectivity index (χ4v) is 2.46. The predicted octanol–water partition coefficient (Wildman–Crippen LogP) is 1.36. The zero-order valence-corrected chi connectivity index (χ0v) is 11.9. The van der Waals surface area contributed by atoms with E-state index in [0.717, 1.165) is 25.8 Å². The minimum Gasteiger partial charge on any atom is -0.394 e. The lowest BCUT2D eigenvalue weighted by atomic mass is 10.00. The molecule has 0 aromatic rings. The molecule has 106 valence electrons. The monoisotopic (exact) mass is 258 g/mol. The van der Waals surface area contributed by atoms with Gasteiger partial charge in [-0.3, -0.25) is 0 Å². The molecule has 18 heavy (non-hydrogen) atoms. The van der Waals surface area contributed by atoms with E-state index >= 15 is 0 Å². The molecule has 0 bridgehead atoms. The van der Waals surface area contributed by atoms with E-state index < -0.39 is 0 Å². The topological polar surface area (TPSA) is 61.8 Å². The summed E-state index contributed by atoms with van der Waals surface area (Å²) in [5.41, 5.74) is -0.242. The van der Waals surface area contributed by atoms with E-state index in [1.807, 2.05) is 20.8 Å². The predicted molar refractivity (Wildman–Crippen MR) is 70.5 cm³/mol. The molecule has 0 aliphatic carbocycles. The Kier molecular flexibility index (Phi) is 5.41. The first-order chi connectivity index (χ1) is 8.39. The number of aliphatic hydroxyl groups is 1. The average Bonchev–Trinajstić information content (AvgIpc) is 2.76. The second-order valence-electron chi connectivity index (χ2n) is 5.69. The van der Waals surface area contributed by atoms with Gasteiger partial charge in [0.15, 0.2) is 0 Å². The zero-order valence-electron chi connectivity index (χ0n) is 11.9. The highest BCUT2D eigenvalue weighted by atomic mass is 16.5. The molecule has 1 saturated heterocycles. The summed E-state index contributed by atoms with van der Waals surface area (Å²) in [5.74, 6) is 0. The lowest BCUT2D eigenvalue weighted by molar-refractivity contribution is 0.00902. The molecule has 0 radical (unpaired) electrons. The van der Waals surface area contributed by atoms with Crippen molar-refractivity contribution in [2.24, 2.45) is 0 Å². The number of nitrogens with one attached hydrogen (secondary N) is 1. The Morgan fingerprint density at radius 3 is 2.83 bits per heavy atom. The molecule has 0 saturated carbocycles. The first-order valence-corrected chi connectivity index (χ1v) is 6.63. The van der Waals surface area contributed by atoms with E-state index in [9.17, 15) is 9.90 Å². The summed E-state index contributed by atoms with van der Waals surface area (Å²) in [6.07, 6.45) is 2.62. The molecule has 1 rings (SSSR count). The third-order valence-electron chi connectivity index (χ3n) is 3.57. The number of hydrogen-bond acceptors (Lipinski definition) is 3. The summed E-state index contributed by atoms with van der Waals surface area (Å²) in [6.45, 7) is 6.76. The maximum Gasteiger partial charge on any atom is 0.317 e. The van der Waals surface area contributed by atoms with E-state index in [0.29, 0.717) is 0 Å². The normalized spacial score (nSPS) is 22.1. The van der Waals surface area contributed by atoms with Crippen LogP contribution in [0.5, 0.6) is 0 Å². The zero-order chi connectivity index (χ0) is 13.8. The van der Waals surface area contributed by atoms with Crippen LogP contribution in [0.25, 0.3) is 0 Å². The molecule has 0 aromatic carbocycles. The average molecular weight is 258 g/mol. The van der Waals surface area contributed by atoms with Crippen molar-refractivity contribution >= 4 is 6.03 Å². The standard InChI is InChI=1S/C13H26N2O3/c1-10(8-13(2,3)18-4)14-12(17)15-7-5-6-11(15)9-16/h10-11,16H,5-9H2,1-4H3,(H,14,17)/t10-,11-/m1/s1. The van der Waals surface area contributed by atoms with Crippen molar-refractivity contribution in [1.82, 2.24) is 10.2 Å². The molecule has 5 nitrogen and oxygen atoms in total. The number of hydrogen-bond donors (Lipinski definition) is 2. The number of urea groups is 1. The van der Waals surface area contributed by atoms with Crippen LogP contribution in [-0.2, 0) is 4.74 Å². The van der Waals surface area contributed by atoms with Crippen LogP contribution in [0.3, 0.4) is 0 Å². The van der Waals surface area contributed by atoms with Crippen molar-refractivity contribution in [1.29, 1.82) is 0 Å². The highest BCUT2D eigenvalue weighted by molar-refractivity contribution is 5.75. The Balaban J connectivity index is 2.44. The number of carbonyl (C=O) groups is 1. The quantitative estimate of drug-likeness (QED) is 0.782. The van der Waals surface area contributed by atoms with Crippen LogP contribution in [0.2, 0.25) is 0 Å². The van der Waals surface area contributed by atoms with E-state index in [-0.39, 0.29) is 30.3 Å². The van der Waals surface area contributed by atoms with Crippen LogP contribution in [0.1, 0.15) is 40.0 Å². The van der Waals surface area contributed by atoms with Crippen molar-refractivity contribution < 1.29 is 14.6 Å². The van der Waals surface area contributed by atoms with E-state index in [2.05, 4.69) is 5.32 Å². The summed E-state index contributed by atoms with van der Waals surface area (Å²) >= 11 is 0. The molecule has 2 amide bonds. The number of amides is 2. The molecule has 1 aliphatic heterocycles. The van der Waals surface area contributed by atoms with Gasteiger partial charge in [-0.1, -0.05) is 0 Å². The largest absolute Gasteiger partial charge is 0.394 e. The molecule has 2 N–H and O–H groups in total. The van der Waals surface area contributed by atoms with Crippen LogP contribution in [0.4, 0.5) is 4.79 Å². The van der Waals surface area contributed by atoms with Crippen LogP contribution < -0.4 is 5.32 Å². The number of likely N-dealkylation sites (tertiary alicyclic amines) is 1. The van der Waals surface area contributed by atoms with Crippen LogP contribution in [0.15, 0.2) is 0 Å². The van der Waals surface area contributed by atoms with Gasteiger partial charge in [-0.15, -0.1) is 0 Å². The Bertz CT molecular complexity index is 281. The smallest absolute Gasteiger partial charge is 0.317 e.